The molecule has 0 spiro atoms. The zero-order valence-corrected chi connectivity index (χ0v) is 13.3. The Bertz CT molecular complexity index is 519. The van der Waals surface area contributed by atoms with E-state index in [9.17, 15) is 13.6 Å². The van der Waals surface area contributed by atoms with Crippen LogP contribution in [0.3, 0.4) is 0 Å². The predicted molar refractivity (Wildman–Crippen MR) is 78.0 cm³/mol. The number of amides is 1. The molecule has 22 heavy (non-hydrogen) atoms. The van der Waals surface area contributed by atoms with Crippen molar-refractivity contribution in [2.75, 3.05) is 13.1 Å². The number of nitrogens with one attached hydrogen (secondary N) is 1. The van der Waals surface area contributed by atoms with E-state index in [-0.39, 0.29) is 23.4 Å². The van der Waals surface area contributed by atoms with E-state index in [0.29, 0.717) is 12.0 Å². The Morgan fingerprint density at radius 1 is 1.41 bits per heavy atom. The minimum absolute atomic E-state index is 0.0302. The molecule has 1 aliphatic rings. The average Bonchev–Trinajstić information content (AvgIpc) is 3.05. The van der Waals surface area contributed by atoms with Gasteiger partial charge in [-0.1, -0.05) is 12.1 Å². The smallest absolute Gasteiger partial charge is 0.273 e. The van der Waals surface area contributed by atoms with Crippen LogP contribution in [-0.2, 0) is 0 Å². The largest absolute Gasteiger partial charge is 0.360 e. The topological polar surface area (TPSA) is 58.4 Å². The van der Waals surface area contributed by atoms with Gasteiger partial charge in [0.05, 0.1) is 5.92 Å². The van der Waals surface area contributed by atoms with Gasteiger partial charge in [-0.25, -0.2) is 8.78 Å². The Hall–Kier alpha value is -1.50. The maximum atomic E-state index is 12.6. The van der Waals surface area contributed by atoms with Crippen LogP contribution in [-0.4, -0.2) is 47.6 Å². The SMILES string of the molecule is CC1CN(C(C)C)CC1NC(=O)c1cc(C(C)C(F)F)on1. The van der Waals surface area contributed by atoms with Crippen molar-refractivity contribution in [3.05, 3.63) is 17.5 Å². The molecule has 1 amide bonds. The van der Waals surface area contributed by atoms with Gasteiger partial charge in [0, 0.05) is 31.2 Å². The summed E-state index contributed by atoms with van der Waals surface area (Å²) in [6.45, 7) is 9.36. The van der Waals surface area contributed by atoms with Gasteiger partial charge in [0.25, 0.3) is 5.91 Å². The summed E-state index contributed by atoms with van der Waals surface area (Å²) < 4.78 is 30.1. The van der Waals surface area contributed by atoms with Gasteiger partial charge in [-0.2, -0.15) is 0 Å². The fourth-order valence-electron chi connectivity index (χ4n) is 2.59. The predicted octanol–water partition coefficient (Wildman–Crippen LogP) is 2.50. The van der Waals surface area contributed by atoms with Gasteiger partial charge in [-0.3, -0.25) is 9.69 Å². The second-order valence-corrected chi connectivity index (χ2v) is 6.34. The molecule has 2 heterocycles. The van der Waals surface area contributed by atoms with E-state index < -0.39 is 12.3 Å². The molecule has 2 rings (SSSR count). The standard InChI is InChI=1S/C15H23F2N3O2/c1-8(2)20-6-9(3)12(7-20)18-15(21)11-5-13(22-19-11)10(4)14(16)17/h5,8-10,12,14H,6-7H2,1-4H3,(H,18,21). The number of aromatic nitrogens is 1. The number of carbonyl (C=O) groups excluding carboxylic acids is 1. The summed E-state index contributed by atoms with van der Waals surface area (Å²) in [5, 5.41) is 6.53. The second kappa shape index (κ2) is 6.73. The van der Waals surface area contributed by atoms with E-state index in [0.717, 1.165) is 13.1 Å². The van der Waals surface area contributed by atoms with Crippen LogP contribution in [0.1, 0.15) is 49.9 Å². The molecular weight excluding hydrogens is 292 g/mol. The van der Waals surface area contributed by atoms with Crippen molar-refractivity contribution < 1.29 is 18.1 Å². The van der Waals surface area contributed by atoms with Gasteiger partial charge < -0.3 is 9.84 Å². The molecule has 0 radical (unpaired) electrons. The van der Waals surface area contributed by atoms with Crippen LogP contribution < -0.4 is 5.32 Å². The molecule has 1 aliphatic heterocycles. The highest BCUT2D eigenvalue weighted by Gasteiger charge is 2.32. The molecule has 1 aromatic heterocycles. The van der Waals surface area contributed by atoms with Crippen LogP contribution >= 0.6 is 0 Å². The van der Waals surface area contributed by atoms with E-state index in [4.69, 9.17) is 4.52 Å². The van der Waals surface area contributed by atoms with Gasteiger partial charge >= 0.3 is 0 Å². The first-order chi connectivity index (χ1) is 10.3. The Morgan fingerprint density at radius 3 is 2.64 bits per heavy atom. The first kappa shape index (κ1) is 16.9. The third-order valence-electron chi connectivity index (χ3n) is 4.28. The minimum atomic E-state index is -2.54. The number of alkyl halides is 2. The van der Waals surface area contributed by atoms with Crippen molar-refractivity contribution >= 4 is 5.91 Å². The number of hydrogen-bond acceptors (Lipinski definition) is 4. The molecule has 1 saturated heterocycles. The first-order valence-corrected chi connectivity index (χ1v) is 7.59. The van der Waals surface area contributed by atoms with Gasteiger partial charge in [-0.15, -0.1) is 0 Å². The van der Waals surface area contributed by atoms with Crippen LogP contribution in [0, 0.1) is 5.92 Å². The van der Waals surface area contributed by atoms with Gasteiger partial charge in [-0.05, 0) is 26.7 Å². The monoisotopic (exact) mass is 315 g/mol. The lowest BCUT2D eigenvalue weighted by atomic mass is 10.1. The van der Waals surface area contributed by atoms with Crippen LogP contribution in [0.5, 0.6) is 0 Å². The average molecular weight is 315 g/mol. The van der Waals surface area contributed by atoms with Crippen LogP contribution in [0.25, 0.3) is 0 Å². The lowest BCUT2D eigenvalue weighted by Crippen LogP contribution is -2.40. The number of halogens is 2. The van der Waals surface area contributed by atoms with Crippen molar-refractivity contribution in [2.24, 2.45) is 5.92 Å². The number of hydrogen-bond donors (Lipinski definition) is 1. The molecule has 7 heteroatoms. The zero-order valence-electron chi connectivity index (χ0n) is 13.3. The van der Waals surface area contributed by atoms with E-state index >= 15 is 0 Å². The van der Waals surface area contributed by atoms with E-state index in [2.05, 4.69) is 36.1 Å². The molecule has 5 nitrogen and oxygen atoms in total. The number of likely N-dealkylation sites (tertiary alicyclic amines) is 1. The Balaban J connectivity index is 1.98. The minimum Gasteiger partial charge on any atom is -0.360 e. The van der Waals surface area contributed by atoms with Crippen molar-refractivity contribution in [3.63, 3.8) is 0 Å². The highest BCUT2D eigenvalue weighted by molar-refractivity contribution is 5.92. The fourth-order valence-corrected chi connectivity index (χ4v) is 2.59. The quantitative estimate of drug-likeness (QED) is 0.907. The van der Waals surface area contributed by atoms with E-state index in [1.165, 1.54) is 13.0 Å². The normalized spacial score (nSPS) is 24.2. The van der Waals surface area contributed by atoms with Gasteiger partial charge in [0.2, 0.25) is 6.43 Å². The molecular formula is C15H23F2N3O2. The molecule has 124 valence electrons. The van der Waals surface area contributed by atoms with Gasteiger partial charge in [0.15, 0.2) is 5.69 Å². The fraction of sp³-hybridized carbons (Fsp3) is 0.733. The molecule has 0 bridgehead atoms. The summed E-state index contributed by atoms with van der Waals surface area (Å²) in [5.74, 6) is -1.09. The van der Waals surface area contributed by atoms with Crippen molar-refractivity contribution in [2.45, 2.75) is 52.1 Å². The van der Waals surface area contributed by atoms with Crippen LogP contribution in [0.4, 0.5) is 8.78 Å². The third kappa shape index (κ3) is 3.63. The summed E-state index contributed by atoms with van der Waals surface area (Å²) in [7, 11) is 0. The Morgan fingerprint density at radius 2 is 2.09 bits per heavy atom. The summed E-state index contributed by atoms with van der Waals surface area (Å²) in [4.78, 5) is 14.5. The number of carbonyl (C=O) groups is 1. The van der Waals surface area contributed by atoms with Crippen LogP contribution in [0.15, 0.2) is 10.6 Å². The number of rotatable bonds is 5. The molecule has 0 saturated carbocycles. The van der Waals surface area contributed by atoms with E-state index in [1.807, 2.05) is 0 Å². The molecule has 1 aromatic rings. The second-order valence-electron chi connectivity index (χ2n) is 6.34. The summed E-state index contributed by atoms with van der Waals surface area (Å²) >= 11 is 0. The van der Waals surface area contributed by atoms with Crippen molar-refractivity contribution in [1.82, 2.24) is 15.4 Å². The highest BCUT2D eigenvalue weighted by atomic mass is 19.3. The number of nitrogens with zero attached hydrogens (tertiary/aromatic N) is 2. The maximum absolute atomic E-state index is 12.6. The summed E-state index contributed by atoms with van der Waals surface area (Å²) in [6, 6.07) is 1.75. The first-order valence-electron chi connectivity index (χ1n) is 7.59. The van der Waals surface area contributed by atoms with Crippen LogP contribution in [0.2, 0.25) is 0 Å². The molecule has 3 atom stereocenters. The van der Waals surface area contributed by atoms with Gasteiger partial charge in [0.1, 0.15) is 5.76 Å². The maximum Gasteiger partial charge on any atom is 0.273 e. The molecule has 0 aromatic carbocycles. The summed E-state index contributed by atoms with van der Waals surface area (Å²) in [6.07, 6.45) is -2.54. The Labute approximate surface area is 129 Å². The van der Waals surface area contributed by atoms with E-state index in [1.54, 1.807) is 0 Å². The molecule has 1 N–H and O–H groups in total. The van der Waals surface area contributed by atoms with Crippen molar-refractivity contribution in [1.29, 1.82) is 0 Å². The zero-order chi connectivity index (χ0) is 16.4. The Kier molecular flexibility index (Phi) is 5.16. The highest BCUT2D eigenvalue weighted by Crippen LogP contribution is 2.23. The lowest BCUT2D eigenvalue weighted by molar-refractivity contribution is 0.0920. The molecule has 0 aliphatic carbocycles. The third-order valence-corrected chi connectivity index (χ3v) is 4.28. The molecule has 3 unspecified atom stereocenters. The summed E-state index contributed by atoms with van der Waals surface area (Å²) in [5.41, 5.74) is 0.0534. The van der Waals surface area contributed by atoms with Crippen molar-refractivity contribution in [3.8, 4) is 0 Å². The molecule has 1 fully saturated rings. The lowest BCUT2D eigenvalue weighted by Gasteiger charge is -2.20.